The Balaban J connectivity index is 1.70. The number of carbonyl (C=O) groups is 1. The molecule has 9 heteroatoms. The van der Waals surface area contributed by atoms with E-state index in [1.165, 1.54) is 25.3 Å². The van der Waals surface area contributed by atoms with Gasteiger partial charge in [-0.2, -0.15) is 5.26 Å². The number of para-hydroxylation sites is 4. The Hall–Kier alpha value is -4.16. The van der Waals surface area contributed by atoms with Crippen LogP contribution in [0.15, 0.2) is 71.6 Å². The number of aromatic nitrogens is 2. The fraction of sp³-hybridized carbons (Fsp3) is 0.125. The van der Waals surface area contributed by atoms with Crippen molar-refractivity contribution in [3.05, 3.63) is 83.7 Å². The smallest absolute Gasteiger partial charge is 0.262 e. The zero-order chi connectivity index (χ0) is 23.6. The number of methoxy groups -OCH3 is 1. The van der Waals surface area contributed by atoms with Gasteiger partial charge in [0.25, 0.3) is 10.0 Å². The van der Waals surface area contributed by atoms with Crippen molar-refractivity contribution in [2.45, 2.75) is 17.7 Å². The van der Waals surface area contributed by atoms with E-state index in [2.05, 4.69) is 14.7 Å². The summed E-state index contributed by atoms with van der Waals surface area (Å²) in [6, 6.07) is 20.0. The lowest BCUT2D eigenvalue weighted by molar-refractivity contribution is 0.0975. The number of hydrogen-bond acceptors (Lipinski definition) is 6. The molecular formula is C24H20N4O4S. The number of imidazole rings is 1. The van der Waals surface area contributed by atoms with Crippen molar-refractivity contribution in [2.24, 2.45) is 0 Å². The molecule has 0 saturated carbocycles. The molecule has 0 fully saturated rings. The summed E-state index contributed by atoms with van der Waals surface area (Å²) in [6.45, 7) is 1.68. The van der Waals surface area contributed by atoms with Gasteiger partial charge in [0.2, 0.25) is 0 Å². The lowest BCUT2D eigenvalue weighted by Crippen LogP contribution is -2.17. The summed E-state index contributed by atoms with van der Waals surface area (Å²) in [5.41, 5.74) is 2.28. The highest BCUT2D eigenvalue weighted by Crippen LogP contribution is 2.28. The Bertz CT molecular complexity index is 1470. The van der Waals surface area contributed by atoms with E-state index in [4.69, 9.17) is 4.74 Å². The van der Waals surface area contributed by atoms with Crippen LogP contribution < -0.4 is 9.46 Å². The molecule has 0 spiro atoms. The highest BCUT2D eigenvalue weighted by molar-refractivity contribution is 7.92. The van der Waals surface area contributed by atoms with Gasteiger partial charge in [0.15, 0.2) is 11.7 Å². The molecule has 1 aromatic heterocycles. The van der Waals surface area contributed by atoms with Crippen LogP contribution in [0.5, 0.6) is 5.75 Å². The van der Waals surface area contributed by atoms with Crippen molar-refractivity contribution in [3.63, 3.8) is 0 Å². The second kappa shape index (κ2) is 8.76. The van der Waals surface area contributed by atoms with E-state index in [1.54, 1.807) is 43.3 Å². The van der Waals surface area contributed by atoms with Crippen LogP contribution in [0.25, 0.3) is 11.0 Å². The number of benzene rings is 3. The second-order valence-electron chi connectivity index (χ2n) is 7.35. The third-order valence-electron chi connectivity index (χ3n) is 5.21. The topological polar surface area (TPSA) is 125 Å². The van der Waals surface area contributed by atoms with Gasteiger partial charge in [-0.3, -0.25) is 9.52 Å². The number of ketones is 1. The molecule has 0 radical (unpaired) electrons. The quantitative estimate of drug-likeness (QED) is 0.399. The maximum Gasteiger partial charge on any atom is 0.262 e. The van der Waals surface area contributed by atoms with E-state index < -0.39 is 21.7 Å². The number of rotatable bonds is 7. The highest BCUT2D eigenvalue weighted by Gasteiger charge is 2.28. The third kappa shape index (κ3) is 4.29. The average molecular weight is 461 g/mol. The molecule has 0 bridgehead atoms. The maximum absolute atomic E-state index is 13.3. The number of anilines is 1. The van der Waals surface area contributed by atoms with Gasteiger partial charge in [0.1, 0.15) is 11.6 Å². The Morgan fingerprint density at radius 3 is 2.58 bits per heavy atom. The van der Waals surface area contributed by atoms with Gasteiger partial charge in [-0.15, -0.1) is 0 Å². The molecule has 0 amide bonds. The predicted molar refractivity (Wildman–Crippen MR) is 124 cm³/mol. The molecule has 3 aromatic carbocycles. The van der Waals surface area contributed by atoms with Gasteiger partial charge >= 0.3 is 0 Å². The summed E-state index contributed by atoms with van der Waals surface area (Å²) < 4.78 is 33.7. The monoisotopic (exact) mass is 460 g/mol. The lowest BCUT2D eigenvalue weighted by Gasteiger charge is -2.14. The Morgan fingerprint density at radius 2 is 1.85 bits per heavy atom. The minimum atomic E-state index is -4.02. The molecular weight excluding hydrogens is 440 g/mol. The van der Waals surface area contributed by atoms with Crippen LogP contribution in [0.4, 0.5) is 5.69 Å². The van der Waals surface area contributed by atoms with Crippen LogP contribution in [0.3, 0.4) is 0 Å². The summed E-state index contributed by atoms with van der Waals surface area (Å²) >= 11 is 0. The number of carbonyl (C=O) groups excluding carboxylic acids is 1. The first-order valence-electron chi connectivity index (χ1n) is 9.99. The number of nitriles is 1. The Labute approximate surface area is 190 Å². The largest absolute Gasteiger partial charge is 0.495 e. The first kappa shape index (κ1) is 22.0. The van der Waals surface area contributed by atoms with Crippen LogP contribution in [-0.4, -0.2) is 31.3 Å². The SMILES string of the molecule is COc1ccccc1NS(=O)(=O)c1ccc(C)c(C(=O)[C@H](C#N)c2nc3ccccc3[nH]2)c1. The molecule has 0 unspecified atom stereocenters. The van der Waals surface area contributed by atoms with Crippen molar-refractivity contribution in [1.29, 1.82) is 5.26 Å². The van der Waals surface area contributed by atoms with Crippen molar-refractivity contribution < 1.29 is 17.9 Å². The summed E-state index contributed by atoms with van der Waals surface area (Å²) in [7, 11) is -2.58. The summed E-state index contributed by atoms with van der Waals surface area (Å²) in [5, 5.41) is 9.73. The normalized spacial score (nSPS) is 12.2. The number of nitrogens with zero attached hydrogens (tertiary/aromatic N) is 2. The van der Waals surface area contributed by atoms with Gasteiger partial charge in [-0.05, 0) is 48.9 Å². The molecule has 33 heavy (non-hydrogen) atoms. The summed E-state index contributed by atoms with van der Waals surface area (Å²) in [5.74, 6) is -1.18. The zero-order valence-electron chi connectivity index (χ0n) is 17.9. The molecule has 0 aliphatic carbocycles. The minimum absolute atomic E-state index is 0.108. The van der Waals surface area contributed by atoms with E-state index in [0.717, 1.165) is 0 Å². The molecule has 0 aliphatic rings. The molecule has 4 aromatic rings. The van der Waals surface area contributed by atoms with E-state index in [1.807, 2.05) is 18.2 Å². The highest BCUT2D eigenvalue weighted by atomic mass is 32.2. The van der Waals surface area contributed by atoms with Crippen LogP contribution in [0.2, 0.25) is 0 Å². The average Bonchev–Trinajstić information content (AvgIpc) is 3.23. The number of nitrogens with one attached hydrogen (secondary N) is 2. The van der Waals surface area contributed by atoms with Crippen LogP contribution in [-0.2, 0) is 10.0 Å². The number of H-pyrrole nitrogens is 1. The van der Waals surface area contributed by atoms with Crippen molar-refractivity contribution >= 4 is 32.5 Å². The maximum atomic E-state index is 13.3. The van der Waals surface area contributed by atoms with Gasteiger partial charge in [-0.1, -0.05) is 30.3 Å². The lowest BCUT2D eigenvalue weighted by atomic mass is 9.95. The molecule has 2 N–H and O–H groups in total. The zero-order valence-corrected chi connectivity index (χ0v) is 18.7. The Kier molecular flexibility index (Phi) is 5.85. The molecule has 1 atom stereocenters. The van der Waals surface area contributed by atoms with E-state index in [9.17, 15) is 18.5 Å². The van der Waals surface area contributed by atoms with Crippen molar-refractivity contribution in [1.82, 2.24) is 9.97 Å². The number of aryl methyl sites for hydroxylation is 1. The predicted octanol–water partition coefficient (Wildman–Crippen LogP) is 4.17. The van der Waals surface area contributed by atoms with Crippen LogP contribution in [0.1, 0.15) is 27.7 Å². The Morgan fingerprint density at radius 1 is 1.12 bits per heavy atom. The van der Waals surface area contributed by atoms with Crippen molar-refractivity contribution in [3.8, 4) is 11.8 Å². The molecule has 0 saturated heterocycles. The van der Waals surface area contributed by atoms with Gasteiger partial charge < -0.3 is 9.72 Å². The fourth-order valence-electron chi connectivity index (χ4n) is 3.48. The number of Topliss-reactive ketones (excluding diaryl/α,β-unsaturated/α-hetero) is 1. The number of ether oxygens (including phenoxy) is 1. The first-order chi connectivity index (χ1) is 15.8. The van der Waals surface area contributed by atoms with Gasteiger partial charge in [0, 0.05) is 5.56 Å². The van der Waals surface area contributed by atoms with E-state index in [0.29, 0.717) is 22.3 Å². The second-order valence-corrected chi connectivity index (χ2v) is 9.03. The van der Waals surface area contributed by atoms with E-state index in [-0.39, 0.29) is 22.0 Å². The molecule has 1 heterocycles. The number of fused-ring (bicyclic) bond motifs is 1. The van der Waals surface area contributed by atoms with Crippen molar-refractivity contribution in [2.75, 3.05) is 11.8 Å². The third-order valence-corrected chi connectivity index (χ3v) is 6.57. The first-order valence-corrected chi connectivity index (χ1v) is 11.5. The van der Waals surface area contributed by atoms with Crippen LogP contribution in [0, 0.1) is 18.3 Å². The summed E-state index contributed by atoms with van der Waals surface area (Å²) in [6.07, 6.45) is 0. The minimum Gasteiger partial charge on any atom is -0.495 e. The van der Waals surface area contributed by atoms with Gasteiger partial charge in [0.05, 0.1) is 34.8 Å². The number of sulfonamides is 1. The molecule has 166 valence electrons. The van der Waals surface area contributed by atoms with Crippen LogP contribution >= 0.6 is 0 Å². The molecule has 8 nitrogen and oxygen atoms in total. The number of hydrogen-bond donors (Lipinski definition) is 2. The summed E-state index contributed by atoms with van der Waals surface area (Å²) in [4.78, 5) is 20.6. The van der Waals surface area contributed by atoms with E-state index >= 15 is 0 Å². The fourth-order valence-corrected chi connectivity index (χ4v) is 4.57. The van der Waals surface area contributed by atoms with Gasteiger partial charge in [-0.25, -0.2) is 13.4 Å². The molecule has 0 aliphatic heterocycles. The number of aromatic amines is 1. The standard InChI is InChI=1S/C24H20N4O4S/c1-15-11-12-16(33(30,31)28-21-9-5-6-10-22(21)32-2)13-17(15)23(29)18(14-25)24-26-19-7-3-4-8-20(19)27-24/h3-13,18,28H,1-2H3,(H,26,27)/t18-/m0/s1. The molecule has 4 rings (SSSR count).